The van der Waals surface area contributed by atoms with E-state index in [1.807, 2.05) is 11.8 Å². The van der Waals surface area contributed by atoms with Crippen LogP contribution in [0.3, 0.4) is 0 Å². The molecule has 7 N–H and O–H groups in total. The first-order valence-corrected chi connectivity index (χ1v) is 6.28. The summed E-state index contributed by atoms with van der Waals surface area (Å²) in [6, 6.07) is 0.00861. The lowest BCUT2D eigenvalue weighted by Crippen LogP contribution is -2.39. The molecule has 0 aliphatic rings. The van der Waals surface area contributed by atoms with Crippen LogP contribution in [0.15, 0.2) is 0 Å². The van der Waals surface area contributed by atoms with Gasteiger partial charge in [0.1, 0.15) is 0 Å². The second-order valence-corrected chi connectivity index (χ2v) is 4.30. The van der Waals surface area contributed by atoms with Gasteiger partial charge in [0.25, 0.3) is 0 Å². The number of hydrogen-bond acceptors (Lipinski definition) is 8. The Morgan fingerprint density at radius 2 is 1.50 bits per heavy atom. The van der Waals surface area contributed by atoms with E-state index in [1.54, 1.807) is 0 Å². The molecule has 1 atom stereocenters. The molecule has 0 aromatic carbocycles. The molecule has 114 valence electrons. The minimum Gasteiger partial charge on any atom is -0.395 e. The summed E-state index contributed by atoms with van der Waals surface area (Å²) in [5.41, 5.74) is 0. The molecule has 0 aromatic heterocycles. The van der Waals surface area contributed by atoms with Gasteiger partial charge >= 0.3 is 10.4 Å². The molecular formula is C8H24N2O7S. The number of aliphatic hydroxyl groups excluding tert-OH is 3. The van der Waals surface area contributed by atoms with Crippen molar-refractivity contribution in [2.24, 2.45) is 0 Å². The SMILES string of the molecule is CC(CO)N(CCO)CCO.COS(=O)(=O)O.N. The van der Waals surface area contributed by atoms with Crippen LogP contribution >= 0.6 is 0 Å². The number of aliphatic hydroxyl groups is 3. The lowest BCUT2D eigenvalue weighted by Gasteiger charge is -2.25. The molecule has 0 heterocycles. The van der Waals surface area contributed by atoms with Crippen LogP contribution in [0.25, 0.3) is 0 Å². The first kappa shape index (κ1) is 22.8. The molecule has 18 heavy (non-hydrogen) atoms. The fraction of sp³-hybridized carbons (Fsp3) is 1.00. The van der Waals surface area contributed by atoms with Crippen LogP contribution < -0.4 is 6.15 Å². The smallest absolute Gasteiger partial charge is 0.395 e. The van der Waals surface area contributed by atoms with Crippen molar-refractivity contribution in [3.63, 3.8) is 0 Å². The second kappa shape index (κ2) is 13.1. The third-order valence-corrected chi connectivity index (χ3v) is 2.29. The zero-order valence-corrected chi connectivity index (χ0v) is 11.5. The summed E-state index contributed by atoms with van der Waals surface area (Å²) >= 11 is 0. The van der Waals surface area contributed by atoms with Crippen LogP contribution in [0.5, 0.6) is 0 Å². The van der Waals surface area contributed by atoms with Gasteiger partial charge in [0.2, 0.25) is 0 Å². The van der Waals surface area contributed by atoms with Crippen molar-refractivity contribution >= 4 is 10.4 Å². The molecule has 0 bridgehead atoms. The van der Waals surface area contributed by atoms with E-state index in [1.165, 1.54) is 0 Å². The number of nitrogens with zero attached hydrogens (tertiary/aromatic N) is 1. The van der Waals surface area contributed by atoms with Gasteiger partial charge < -0.3 is 21.5 Å². The molecule has 0 saturated heterocycles. The van der Waals surface area contributed by atoms with Crippen LogP contribution in [0.2, 0.25) is 0 Å². The van der Waals surface area contributed by atoms with Crippen LogP contribution in [-0.4, -0.2) is 79.3 Å². The molecule has 0 aliphatic carbocycles. The molecular weight excluding hydrogens is 268 g/mol. The Hall–Kier alpha value is -0.330. The maximum Gasteiger partial charge on any atom is 0.397 e. The van der Waals surface area contributed by atoms with Crippen molar-refractivity contribution in [3.8, 4) is 0 Å². The maximum absolute atomic E-state index is 9.33. The van der Waals surface area contributed by atoms with E-state index in [0.29, 0.717) is 13.1 Å². The third-order valence-electron chi connectivity index (χ3n) is 1.87. The van der Waals surface area contributed by atoms with E-state index in [0.717, 1.165) is 7.11 Å². The van der Waals surface area contributed by atoms with Gasteiger partial charge in [-0.2, -0.15) is 8.42 Å². The highest BCUT2D eigenvalue weighted by Gasteiger charge is 2.10. The predicted octanol–water partition coefficient (Wildman–Crippen LogP) is -1.75. The van der Waals surface area contributed by atoms with Crippen molar-refractivity contribution in [1.82, 2.24) is 11.1 Å². The van der Waals surface area contributed by atoms with Gasteiger partial charge in [0.15, 0.2) is 0 Å². The molecule has 1 unspecified atom stereocenters. The highest BCUT2D eigenvalue weighted by Crippen LogP contribution is 1.95. The summed E-state index contributed by atoms with van der Waals surface area (Å²) in [7, 11) is -3.29. The van der Waals surface area contributed by atoms with Gasteiger partial charge in [-0.15, -0.1) is 0 Å². The summed E-state index contributed by atoms with van der Waals surface area (Å²) in [5, 5.41) is 26.0. The second-order valence-electron chi connectivity index (χ2n) is 3.11. The van der Waals surface area contributed by atoms with Crippen LogP contribution in [0, 0.1) is 0 Å². The monoisotopic (exact) mass is 292 g/mol. The fourth-order valence-corrected chi connectivity index (χ4v) is 0.925. The van der Waals surface area contributed by atoms with Gasteiger partial charge in [-0.1, -0.05) is 0 Å². The zero-order valence-electron chi connectivity index (χ0n) is 10.7. The highest BCUT2D eigenvalue weighted by molar-refractivity contribution is 7.80. The Kier molecular flexibility index (Phi) is 16.6. The van der Waals surface area contributed by atoms with E-state index in [4.69, 9.17) is 19.9 Å². The zero-order chi connectivity index (χ0) is 13.9. The lowest BCUT2D eigenvalue weighted by molar-refractivity contribution is 0.0929. The van der Waals surface area contributed by atoms with Crippen molar-refractivity contribution in [2.75, 3.05) is 40.0 Å². The van der Waals surface area contributed by atoms with E-state index in [2.05, 4.69) is 4.18 Å². The molecule has 0 amide bonds. The van der Waals surface area contributed by atoms with Gasteiger partial charge in [-0.25, -0.2) is 0 Å². The van der Waals surface area contributed by atoms with Crippen LogP contribution in [0.1, 0.15) is 6.92 Å². The summed E-state index contributed by atoms with van der Waals surface area (Å²) < 4.78 is 29.7. The molecule has 0 spiro atoms. The van der Waals surface area contributed by atoms with Gasteiger partial charge in [-0.05, 0) is 6.92 Å². The average Bonchev–Trinajstić information content (AvgIpc) is 2.27. The minimum atomic E-state index is -4.16. The first-order chi connectivity index (χ1) is 7.82. The maximum atomic E-state index is 9.33. The minimum absolute atomic E-state index is 0. The predicted molar refractivity (Wildman–Crippen MR) is 65.9 cm³/mol. The molecule has 0 fully saturated rings. The highest BCUT2D eigenvalue weighted by atomic mass is 32.3. The third kappa shape index (κ3) is 15.7. The van der Waals surface area contributed by atoms with Crippen molar-refractivity contribution < 1.29 is 32.5 Å². The van der Waals surface area contributed by atoms with Crippen molar-refractivity contribution in [2.45, 2.75) is 13.0 Å². The van der Waals surface area contributed by atoms with Gasteiger partial charge in [0.05, 0.1) is 26.9 Å². The topological polar surface area (TPSA) is 163 Å². The van der Waals surface area contributed by atoms with E-state index < -0.39 is 10.4 Å². The van der Waals surface area contributed by atoms with E-state index >= 15 is 0 Å². The normalized spacial score (nSPS) is 12.4. The van der Waals surface area contributed by atoms with Gasteiger partial charge in [0, 0.05) is 19.1 Å². The first-order valence-electron chi connectivity index (χ1n) is 4.92. The Bertz CT molecular complexity index is 254. The number of rotatable bonds is 7. The lowest BCUT2D eigenvalue weighted by atomic mass is 10.3. The molecule has 0 aliphatic heterocycles. The molecule has 0 saturated carbocycles. The van der Waals surface area contributed by atoms with Crippen LogP contribution in [-0.2, 0) is 14.6 Å². The molecule has 10 heteroatoms. The van der Waals surface area contributed by atoms with E-state index in [9.17, 15) is 8.42 Å². The summed E-state index contributed by atoms with van der Waals surface area (Å²) in [6.07, 6.45) is 0. The molecule has 9 nitrogen and oxygen atoms in total. The Morgan fingerprint density at radius 1 is 1.17 bits per heavy atom. The Labute approximate surface area is 108 Å². The Morgan fingerprint density at radius 3 is 1.67 bits per heavy atom. The summed E-state index contributed by atoms with van der Waals surface area (Å²) in [5.74, 6) is 0. The van der Waals surface area contributed by atoms with Crippen molar-refractivity contribution in [1.29, 1.82) is 0 Å². The fourth-order valence-electron chi connectivity index (χ4n) is 0.925. The number of hydrogen-bond donors (Lipinski definition) is 5. The Balaban J connectivity index is -0.000000277. The summed E-state index contributed by atoms with van der Waals surface area (Å²) in [4.78, 5) is 1.83. The molecule has 0 aromatic rings. The molecule has 0 rings (SSSR count). The van der Waals surface area contributed by atoms with Crippen molar-refractivity contribution in [3.05, 3.63) is 0 Å². The quantitative estimate of drug-likeness (QED) is 0.342. The average molecular weight is 292 g/mol. The largest absolute Gasteiger partial charge is 0.397 e. The van der Waals surface area contributed by atoms with E-state index in [-0.39, 0.29) is 32.0 Å². The van der Waals surface area contributed by atoms with Crippen LogP contribution in [0.4, 0.5) is 0 Å². The molecule has 0 radical (unpaired) electrons. The summed E-state index contributed by atoms with van der Waals surface area (Å²) in [6.45, 7) is 3.03. The van der Waals surface area contributed by atoms with Gasteiger partial charge in [-0.3, -0.25) is 13.6 Å². The standard InChI is InChI=1S/C7H17NO3.CH4O4S.H3N/c1-7(6-11)8(2-4-9)3-5-10;1-5-6(2,3)4;/h7,9-11H,2-6H2,1H3;1H3,(H,2,3,4);1H3.